The normalized spacial score (nSPS) is 11.6. The number of carbonyl (C=O) groups excluding carboxylic acids is 1. The summed E-state index contributed by atoms with van der Waals surface area (Å²) in [5.41, 5.74) is 0.819. The number of benzene rings is 1. The van der Waals surface area contributed by atoms with Crippen molar-refractivity contribution in [2.75, 3.05) is 0 Å². The number of nitrogens with one attached hydrogen (secondary N) is 2. The number of hydrogen-bond acceptors (Lipinski definition) is 4. The van der Waals surface area contributed by atoms with Gasteiger partial charge in [-0.2, -0.15) is 0 Å². The summed E-state index contributed by atoms with van der Waals surface area (Å²) in [5.74, 6) is 0.351. The van der Waals surface area contributed by atoms with Crippen molar-refractivity contribution < 1.29 is 13.9 Å². The molecule has 2 N–H and O–H groups in total. The van der Waals surface area contributed by atoms with Gasteiger partial charge in [0.15, 0.2) is 0 Å². The molecule has 0 unspecified atom stereocenters. The SMILES string of the molecule is C[C@H](Cn1ccnc1)NC(=O)NCc1ccc(Oc2cccc(F)c2)nc1. The summed E-state index contributed by atoms with van der Waals surface area (Å²) in [5, 5.41) is 5.64. The van der Waals surface area contributed by atoms with Crippen molar-refractivity contribution in [1.29, 1.82) is 0 Å². The molecule has 1 atom stereocenters. The van der Waals surface area contributed by atoms with E-state index in [4.69, 9.17) is 4.74 Å². The van der Waals surface area contributed by atoms with Crippen LogP contribution in [0.5, 0.6) is 11.6 Å². The van der Waals surface area contributed by atoms with Crippen LogP contribution in [0.3, 0.4) is 0 Å². The zero-order chi connectivity index (χ0) is 19.1. The van der Waals surface area contributed by atoms with Gasteiger partial charge in [0.25, 0.3) is 0 Å². The van der Waals surface area contributed by atoms with Crippen LogP contribution in [0.2, 0.25) is 0 Å². The second-order valence-corrected chi connectivity index (χ2v) is 6.05. The van der Waals surface area contributed by atoms with E-state index in [1.807, 2.05) is 17.7 Å². The highest BCUT2D eigenvalue weighted by Crippen LogP contribution is 2.19. The second kappa shape index (κ2) is 8.79. The molecule has 2 aromatic heterocycles. The summed E-state index contributed by atoms with van der Waals surface area (Å²) in [6.07, 6.45) is 6.84. The Balaban J connectivity index is 1.44. The number of amides is 2. The van der Waals surface area contributed by atoms with Crippen molar-refractivity contribution in [3.63, 3.8) is 0 Å². The molecule has 7 nitrogen and oxygen atoms in total. The molecule has 0 fully saturated rings. The van der Waals surface area contributed by atoms with Crippen molar-refractivity contribution in [1.82, 2.24) is 25.2 Å². The molecule has 3 aromatic rings. The predicted molar refractivity (Wildman–Crippen MR) is 97.8 cm³/mol. The fourth-order valence-corrected chi connectivity index (χ4v) is 2.44. The molecule has 0 spiro atoms. The molecule has 0 aliphatic rings. The number of nitrogens with zero attached hydrogens (tertiary/aromatic N) is 3. The Bertz CT molecular complexity index is 868. The van der Waals surface area contributed by atoms with Crippen LogP contribution >= 0.6 is 0 Å². The average molecular weight is 369 g/mol. The lowest BCUT2D eigenvalue weighted by Crippen LogP contribution is -2.42. The maximum absolute atomic E-state index is 13.2. The lowest BCUT2D eigenvalue weighted by Gasteiger charge is -2.15. The largest absolute Gasteiger partial charge is 0.439 e. The van der Waals surface area contributed by atoms with E-state index in [1.165, 1.54) is 12.1 Å². The maximum Gasteiger partial charge on any atom is 0.315 e. The Hall–Kier alpha value is -3.42. The molecule has 2 amide bonds. The lowest BCUT2D eigenvalue weighted by atomic mass is 10.3. The topological polar surface area (TPSA) is 81.1 Å². The van der Waals surface area contributed by atoms with E-state index in [9.17, 15) is 9.18 Å². The zero-order valence-electron chi connectivity index (χ0n) is 14.8. The quantitative estimate of drug-likeness (QED) is 0.671. The van der Waals surface area contributed by atoms with E-state index < -0.39 is 0 Å². The first kappa shape index (κ1) is 18.4. The first-order valence-electron chi connectivity index (χ1n) is 8.47. The number of imidazole rings is 1. The number of carbonyl (C=O) groups is 1. The Labute approximate surface area is 156 Å². The minimum atomic E-state index is -0.374. The summed E-state index contributed by atoms with van der Waals surface area (Å²) in [4.78, 5) is 20.1. The highest BCUT2D eigenvalue weighted by atomic mass is 19.1. The maximum atomic E-state index is 13.2. The highest BCUT2D eigenvalue weighted by Gasteiger charge is 2.08. The molecular formula is C19H20FN5O2. The Kier molecular flexibility index (Phi) is 5.98. The predicted octanol–water partition coefficient (Wildman–Crippen LogP) is 3.10. The Morgan fingerprint density at radius 1 is 1.33 bits per heavy atom. The molecule has 3 rings (SSSR count). The van der Waals surface area contributed by atoms with E-state index in [2.05, 4.69) is 20.6 Å². The van der Waals surface area contributed by atoms with Gasteiger partial charge in [0.1, 0.15) is 11.6 Å². The number of ether oxygens (including phenoxy) is 1. The fourth-order valence-electron chi connectivity index (χ4n) is 2.44. The highest BCUT2D eigenvalue weighted by molar-refractivity contribution is 5.74. The minimum absolute atomic E-state index is 0.0423. The van der Waals surface area contributed by atoms with Crippen LogP contribution in [0.15, 0.2) is 61.3 Å². The number of rotatable bonds is 7. The summed E-state index contributed by atoms with van der Waals surface area (Å²) in [6.45, 7) is 2.89. The van der Waals surface area contributed by atoms with Gasteiger partial charge >= 0.3 is 6.03 Å². The number of pyridine rings is 1. The number of halogens is 1. The van der Waals surface area contributed by atoms with Gasteiger partial charge in [-0.1, -0.05) is 12.1 Å². The Morgan fingerprint density at radius 2 is 2.22 bits per heavy atom. The van der Waals surface area contributed by atoms with Gasteiger partial charge in [0.05, 0.1) is 6.33 Å². The van der Waals surface area contributed by atoms with Crippen LogP contribution in [0.4, 0.5) is 9.18 Å². The van der Waals surface area contributed by atoms with Crippen LogP contribution in [0.25, 0.3) is 0 Å². The van der Waals surface area contributed by atoms with Crippen molar-refractivity contribution in [3.05, 3.63) is 72.7 Å². The van der Waals surface area contributed by atoms with Gasteiger partial charge in [0, 0.05) is 49.9 Å². The van der Waals surface area contributed by atoms with E-state index in [-0.39, 0.29) is 17.9 Å². The summed E-state index contributed by atoms with van der Waals surface area (Å²) < 4.78 is 20.5. The molecule has 0 aliphatic heterocycles. The zero-order valence-corrected chi connectivity index (χ0v) is 14.8. The number of urea groups is 1. The third kappa shape index (κ3) is 5.81. The smallest absolute Gasteiger partial charge is 0.315 e. The molecule has 0 saturated heterocycles. The van der Waals surface area contributed by atoms with Crippen molar-refractivity contribution >= 4 is 6.03 Å². The van der Waals surface area contributed by atoms with Gasteiger partial charge in [-0.25, -0.2) is 19.2 Å². The Morgan fingerprint density at radius 3 is 2.93 bits per heavy atom. The van der Waals surface area contributed by atoms with Crippen LogP contribution in [-0.2, 0) is 13.1 Å². The van der Waals surface area contributed by atoms with Crippen LogP contribution in [0.1, 0.15) is 12.5 Å². The molecule has 0 saturated carbocycles. The average Bonchev–Trinajstić information content (AvgIpc) is 3.14. The molecule has 0 radical (unpaired) electrons. The van der Waals surface area contributed by atoms with Crippen LogP contribution in [-0.4, -0.2) is 26.6 Å². The molecule has 1 aromatic carbocycles. The number of aromatic nitrogens is 3. The first-order chi connectivity index (χ1) is 13.1. The van der Waals surface area contributed by atoms with E-state index in [0.29, 0.717) is 24.7 Å². The molecule has 0 bridgehead atoms. The molecular weight excluding hydrogens is 349 g/mol. The van der Waals surface area contributed by atoms with Gasteiger partial charge in [-0.3, -0.25) is 0 Å². The second-order valence-electron chi connectivity index (χ2n) is 6.05. The summed E-state index contributed by atoms with van der Waals surface area (Å²) in [7, 11) is 0. The third-order valence-corrected chi connectivity index (χ3v) is 3.69. The molecule has 8 heteroatoms. The molecule has 27 heavy (non-hydrogen) atoms. The van der Waals surface area contributed by atoms with Gasteiger partial charge in [-0.15, -0.1) is 0 Å². The molecule has 0 aliphatic carbocycles. The molecule has 2 heterocycles. The van der Waals surface area contributed by atoms with Crippen LogP contribution < -0.4 is 15.4 Å². The van der Waals surface area contributed by atoms with E-state index in [1.54, 1.807) is 43.0 Å². The van der Waals surface area contributed by atoms with Crippen LogP contribution in [0, 0.1) is 5.82 Å². The van der Waals surface area contributed by atoms with Gasteiger partial charge in [-0.05, 0) is 24.6 Å². The molecule has 140 valence electrons. The summed E-state index contributed by atoms with van der Waals surface area (Å²) >= 11 is 0. The third-order valence-electron chi connectivity index (χ3n) is 3.69. The van der Waals surface area contributed by atoms with Gasteiger partial charge < -0.3 is 19.9 Å². The monoisotopic (exact) mass is 369 g/mol. The lowest BCUT2D eigenvalue weighted by molar-refractivity contribution is 0.236. The van der Waals surface area contributed by atoms with E-state index in [0.717, 1.165) is 5.56 Å². The van der Waals surface area contributed by atoms with Crippen molar-refractivity contribution in [2.24, 2.45) is 0 Å². The van der Waals surface area contributed by atoms with E-state index >= 15 is 0 Å². The van der Waals surface area contributed by atoms with Crippen molar-refractivity contribution in [3.8, 4) is 11.6 Å². The minimum Gasteiger partial charge on any atom is -0.439 e. The van der Waals surface area contributed by atoms with Crippen molar-refractivity contribution in [2.45, 2.75) is 26.1 Å². The summed E-state index contributed by atoms with van der Waals surface area (Å²) in [6, 6.07) is 8.99. The standard InChI is InChI=1S/C19H20FN5O2/c1-14(12-25-8-7-21-13-25)24-19(26)23-11-15-5-6-18(22-10-15)27-17-4-2-3-16(20)9-17/h2-10,13-14H,11-12H2,1H3,(H2,23,24,26)/t14-/m1/s1. The fraction of sp³-hybridized carbons (Fsp3) is 0.211. The number of hydrogen-bond donors (Lipinski definition) is 2. The first-order valence-corrected chi connectivity index (χ1v) is 8.47. The van der Waals surface area contributed by atoms with Gasteiger partial charge in [0.2, 0.25) is 5.88 Å².